The van der Waals surface area contributed by atoms with E-state index in [1.165, 1.54) is 51.0 Å². The molecule has 0 atom stereocenters. The molecule has 0 aromatic heterocycles. The maximum atomic E-state index is 3.94. The zero-order valence-corrected chi connectivity index (χ0v) is 13.6. The second kappa shape index (κ2) is 8.08. The molecular weight excluding hydrogens is 258 g/mol. The van der Waals surface area contributed by atoms with Gasteiger partial charge in [-0.25, -0.2) is 0 Å². The Labute approximate surface area is 129 Å². The van der Waals surface area contributed by atoms with Crippen LogP contribution in [-0.4, -0.2) is 31.1 Å². The predicted molar refractivity (Wildman–Crippen MR) is 92.8 cm³/mol. The van der Waals surface area contributed by atoms with E-state index in [2.05, 4.69) is 47.7 Å². The lowest BCUT2D eigenvalue weighted by Gasteiger charge is -2.15. The van der Waals surface area contributed by atoms with Gasteiger partial charge in [-0.1, -0.05) is 38.5 Å². The summed E-state index contributed by atoms with van der Waals surface area (Å²) in [7, 11) is 0. The Kier molecular flexibility index (Phi) is 6.12. The van der Waals surface area contributed by atoms with Gasteiger partial charge in [0.25, 0.3) is 0 Å². The van der Waals surface area contributed by atoms with Crippen molar-refractivity contribution in [1.29, 1.82) is 0 Å². The topological polar surface area (TPSA) is 18.5 Å². The number of nitrogens with one attached hydrogen (secondary N) is 1. The first kappa shape index (κ1) is 15.9. The lowest BCUT2D eigenvalue weighted by atomic mass is 10.2. The van der Waals surface area contributed by atoms with E-state index >= 15 is 0 Å². The largest absolute Gasteiger partial charge is 0.340 e. The van der Waals surface area contributed by atoms with Crippen molar-refractivity contribution in [3.05, 3.63) is 36.7 Å². The maximum absolute atomic E-state index is 3.94. The van der Waals surface area contributed by atoms with Crippen LogP contribution in [0.25, 0.3) is 0 Å². The van der Waals surface area contributed by atoms with Gasteiger partial charge in [-0.15, -0.1) is 0 Å². The molecule has 0 radical (unpaired) electrons. The first-order valence-electron chi connectivity index (χ1n) is 8.31. The molecule has 3 rings (SSSR count). The highest BCUT2D eigenvalue weighted by Crippen LogP contribution is 2.34. The second-order valence-corrected chi connectivity index (χ2v) is 5.68. The first-order chi connectivity index (χ1) is 10.3. The molecule has 1 saturated heterocycles. The van der Waals surface area contributed by atoms with E-state index < -0.39 is 0 Å². The molecule has 2 heterocycles. The highest BCUT2D eigenvalue weighted by molar-refractivity contribution is 5.80. The van der Waals surface area contributed by atoms with Crippen LogP contribution < -0.4 is 10.2 Å². The molecule has 3 heteroatoms. The average Bonchev–Trinajstić information content (AvgIpc) is 2.68. The quantitative estimate of drug-likeness (QED) is 0.875. The molecule has 2 aliphatic heterocycles. The third-order valence-corrected chi connectivity index (χ3v) is 4.26. The van der Waals surface area contributed by atoms with Gasteiger partial charge < -0.3 is 15.1 Å². The number of nitrogens with zero attached hydrogens (tertiary/aromatic N) is 2. The summed E-state index contributed by atoms with van der Waals surface area (Å²) in [6.45, 7) is 13.2. The van der Waals surface area contributed by atoms with Crippen molar-refractivity contribution in [2.75, 3.05) is 36.4 Å². The minimum atomic E-state index is 0.961. The van der Waals surface area contributed by atoms with Crippen LogP contribution in [0.15, 0.2) is 36.7 Å². The van der Waals surface area contributed by atoms with E-state index in [1.807, 2.05) is 12.1 Å². The van der Waals surface area contributed by atoms with Gasteiger partial charge in [0, 0.05) is 6.54 Å². The lowest BCUT2D eigenvalue weighted by molar-refractivity contribution is 0.301. The fraction of sp³-hybridized carbons (Fsp3) is 0.556. The summed E-state index contributed by atoms with van der Waals surface area (Å²) in [6.07, 6.45) is 5.76. The number of hydrogen-bond acceptors (Lipinski definition) is 3. The molecule has 0 unspecified atom stereocenters. The van der Waals surface area contributed by atoms with Crippen molar-refractivity contribution in [2.45, 2.75) is 39.5 Å². The summed E-state index contributed by atoms with van der Waals surface area (Å²) in [5.74, 6) is 0.971. The molecule has 1 aromatic rings. The van der Waals surface area contributed by atoms with Crippen molar-refractivity contribution in [3.8, 4) is 0 Å². The highest BCUT2D eigenvalue weighted by atomic mass is 15.3. The minimum absolute atomic E-state index is 0.961. The van der Waals surface area contributed by atoms with Crippen LogP contribution in [0, 0.1) is 0 Å². The lowest BCUT2D eigenvalue weighted by Crippen LogP contribution is -2.23. The smallest absolute Gasteiger partial charge is 0.103 e. The van der Waals surface area contributed by atoms with Crippen LogP contribution in [0.4, 0.5) is 11.4 Å². The third kappa shape index (κ3) is 4.24. The number of fused-ring (bicyclic) bond motifs is 1. The summed E-state index contributed by atoms with van der Waals surface area (Å²) >= 11 is 0. The van der Waals surface area contributed by atoms with E-state index in [0.29, 0.717) is 0 Å². The zero-order chi connectivity index (χ0) is 15.1. The Hall–Kier alpha value is -1.48. The van der Waals surface area contributed by atoms with Crippen LogP contribution in [-0.2, 0) is 0 Å². The molecule has 0 amide bonds. The van der Waals surface area contributed by atoms with Crippen LogP contribution >= 0.6 is 0 Å². The Morgan fingerprint density at radius 2 is 1.67 bits per heavy atom. The summed E-state index contributed by atoms with van der Waals surface area (Å²) in [5.41, 5.74) is 2.38. The number of rotatable bonds is 2. The van der Waals surface area contributed by atoms with Crippen LogP contribution in [0.3, 0.4) is 0 Å². The summed E-state index contributed by atoms with van der Waals surface area (Å²) in [4.78, 5) is 4.71. The molecule has 21 heavy (non-hydrogen) atoms. The van der Waals surface area contributed by atoms with Gasteiger partial charge >= 0.3 is 0 Å². The van der Waals surface area contributed by atoms with Gasteiger partial charge in [0.2, 0.25) is 0 Å². The fourth-order valence-electron chi connectivity index (χ4n) is 3.00. The van der Waals surface area contributed by atoms with Crippen molar-refractivity contribution in [3.63, 3.8) is 0 Å². The van der Waals surface area contributed by atoms with Gasteiger partial charge in [0.1, 0.15) is 5.82 Å². The van der Waals surface area contributed by atoms with Gasteiger partial charge in [0.15, 0.2) is 0 Å². The van der Waals surface area contributed by atoms with Crippen LogP contribution in [0.1, 0.15) is 39.5 Å². The SMILES string of the molecule is C=C1Nc2ccccc2N1CC.CCN1CCCCCC1. The Morgan fingerprint density at radius 1 is 1.00 bits per heavy atom. The molecule has 0 saturated carbocycles. The number of likely N-dealkylation sites (tertiary alicyclic amines) is 1. The average molecular weight is 287 g/mol. The van der Waals surface area contributed by atoms with Gasteiger partial charge in [-0.3, -0.25) is 0 Å². The minimum Gasteiger partial charge on any atom is -0.340 e. The van der Waals surface area contributed by atoms with Gasteiger partial charge in [0.05, 0.1) is 11.4 Å². The van der Waals surface area contributed by atoms with E-state index in [-0.39, 0.29) is 0 Å². The number of para-hydroxylation sites is 2. The standard InChI is InChI=1S/C10H12N2.C8H17N/c1-3-12-8(2)11-9-6-4-5-7-10(9)12;1-2-9-7-5-3-4-6-8-9/h4-7,11H,2-3H2,1H3;2-8H2,1H3. The number of hydrogen-bond donors (Lipinski definition) is 1. The van der Waals surface area contributed by atoms with E-state index in [4.69, 9.17) is 0 Å². The van der Waals surface area contributed by atoms with Crippen molar-refractivity contribution in [2.24, 2.45) is 0 Å². The maximum Gasteiger partial charge on any atom is 0.103 e. The zero-order valence-electron chi connectivity index (χ0n) is 13.6. The van der Waals surface area contributed by atoms with Gasteiger partial charge in [-0.05, 0) is 51.5 Å². The monoisotopic (exact) mass is 287 g/mol. The Balaban J connectivity index is 0.000000161. The molecule has 116 valence electrons. The fourth-order valence-corrected chi connectivity index (χ4v) is 3.00. The summed E-state index contributed by atoms with van der Waals surface area (Å²) < 4.78 is 0. The molecule has 3 nitrogen and oxygen atoms in total. The molecule has 2 aliphatic rings. The van der Waals surface area contributed by atoms with Crippen molar-refractivity contribution < 1.29 is 0 Å². The third-order valence-electron chi connectivity index (χ3n) is 4.26. The van der Waals surface area contributed by atoms with E-state index in [9.17, 15) is 0 Å². The number of anilines is 2. The van der Waals surface area contributed by atoms with E-state index in [1.54, 1.807) is 0 Å². The first-order valence-corrected chi connectivity index (χ1v) is 8.31. The molecule has 1 N–H and O–H groups in total. The van der Waals surface area contributed by atoms with Crippen LogP contribution in [0.5, 0.6) is 0 Å². The molecule has 0 spiro atoms. The predicted octanol–water partition coefficient (Wildman–Crippen LogP) is 4.29. The van der Waals surface area contributed by atoms with Crippen molar-refractivity contribution in [1.82, 2.24) is 4.90 Å². The summed E-state index contributed by atoms with van der Waals surface area (Å²) in [6, 6.07) is 8.24. The normalized spacial score (nSPS) is 18.4. The Morgan fingerprint density at radius 3 is 2.29 bits per heavy atom. The van der Waals surface area contributed by atoms with E-state index in [0.717, 1.165) is 18.1 Å². The molecule has 0 aliphatic carbocycles. The van der Waals surface area contributed by atoms with Crippen molar-refractivity contribution >= 4 is 11.4 Å². The highest BCUT2D eigenvalue weighted by Gasteiger charge is 2.19. The molecule has 0 bridgehead atoms. The number of benzene rings is 1. The van der Waals surface area contributed by atoms with Gasteiger partial charge in [-0.2, -0.15) is 0 Å². The molecular formula is C18H29N3. The summed E-state index contributed by atoms with van der Waals surface area (Å²) in [5, 5.41) is 3.23. The molecule has 1 aromatic carbocycles. The Bertz CT molecular complexity index is 448. The molecule has 1 fully saturated rings. The second-order valence-electron chi connectivity index (χ2n) is 5.68. The van der Waals surface area contributed by atoms with Crippen LogP contribution in [0.2, 0.25) is 0 Å².